The minimum atomic E-state index is -5.51. The maximum atomic E-state index is 15.4. The molecule has 41 heavy (non-hydrogen) atoms. The van der Waals surface area contributed by atoms with Gasteiger partial charge < -0.3 is 0 Å². The summed E-state index contributed by atoms with van der Waals surface area (Å²) in [6, 6.07) is 5.07. The normalized spacial score (nSPS) is 12.2. The van der Waals surface area contributed by atoms with E-state index in [4.69, 9.17) is 0 Å². The fourth-order valence-corrected chi connectivity index (χ4v) is 7.00. The molecule has 0 N–H and O–H groups in total. The van der Waals surface area contributed by atoms with Crippen LogP contribution in [0.2, 0.25) is 0 Å². The third-order valence-electron chi connectivity index (χ3n) is 6.34. The van der Waals surface area contributed by atoms with Crippen molar-refractivity contribution in [2.45, 2.75) is 0 Å². The first-order valence-corrected chi connectivity index (χ1v) is 12.0. The molecule has 1 unspecified atom stereocenters. The zero-order valence-corrected chi connectivity index (χ0v) is 20.4. The minimum absolute atomic E-state index is 0.524. The molecule has 0 nitrogen and oxygen atoms in total. The van der Waals surface area contributed by atoms with Gasteiger partial charge in [-0.05, 0) is 12.1 Å². The van der Waals surface area contributed by atoms with Crippen molar-refractivity contribution in [2.24, 2.45) is 0 Å². The van der Waals surface area contributed by atoms with Crippen LogP contribution in [0.25, 0.3) is 0 Å². The fraction of sp³-hybridized carbons (Fsp3) is 0. The van der Waals surface area contributed by atoms with Crippen LogP contribution in [0.1, 0.15) is 0 Å². The van der Waals surface area contributed by atoms with Crippen LogP contribution in [0.15, 0.2) is 30.3 Å². The van der Waals surface area contributed by atoms with Gasteiger partial charge in [0.25, 0.3) is 5.87 Å². The van der Waals surface area contributed by atoms with Crippen molar-refractivity contribution in [3.63, 3.8) is 0 Å². The summed E-state index contributed by atoms with van der Waals surface area (Å²) < 4.78 is 220. The standard InChI is InChI=1S/C24H7BF15P/c26-10-7(11(27)17(33)22(38)16(10)32)25(41-6-4-2-1-3-5-6,8-12(28)18(34)23(39)19(35)13(8)29)9-14(30)20(36)24(40)21(37)15(9)31/h1-5H,41H2. The van der Waals surface area contributed by atoms with Crippen molar-refractivity contribution in [2.75, 3.05) is 0 Å². The molecule has 216 valence electrons. The monoisotopic (exact) mass is 622 g/mol. The lowest BCUT2D eigenvalue weighted by Gasteiger charge is -2.38. The third-order valence-corrected chi connectivity index (χ3v) is 8.61. The molecule has 0 radical (unpaired) electrons. The zero-order valence-electron chi connectivity index (χ0n) is 19.2. The number of rotatable bonds is 5. The maximum absolute atomic E-state index is 15.4. The first-order chi connectivity index (χ1) is 19.1. The molecular weight excluding hydrogens is 615 g/mol. The van der Waals surface area contributed by atoms with Gasteiger partial charge in [0.2, 0.25) is 0 Å². The topological polar surface area (TPSA) is 0 Å². The zero-order chi connectivity index (χ0) is 30.7. The molecule has 0 aliphatic carbocycles. The van der Waals surface area contributed by atoms with Crippen molar-refractivity contribution >= 4 is 36.0 Å². The minimum Gasteiger partial charge on any atom is -0.207 e. The van der Waals surface area contributed by atoms with Gasteiger partial charge in [-0.15, -0.1) is 8.46 Å². The molecule has 0 saturated carbocycles. The van der Waals surface area contributed by atoms with Crippen LogP contribution in [0, 0.1) is 87.3 Å². The van der Waals surface area contributed by atoms with Crippen LogP contribution in [0.3, 0.4) is 0 Å². The second kappa shape index (κ2) is 10.6. The Bertz CT molecular complexity index is 1470. The predicted octanol–water partition coefficient (Wildman–Crippen LogP) is 5.48. The van der Waals surface area contributed by atoms with Gasteiger partial charge in [0.15, 0.2) is 52.4 Å². The van der Waals surface area contributed by atoms with Gasteiger partial charge in [-0.3, -0.25) is 0 Å². The Hall–Kier alpha value is -3.68. The molecule has 0 aliphatic rings. The molecular formula is C24H7BF15P. The highest BCUT2D eigenvalue weighted by Gasteiger charge is 2.53. The number of halogens is 15. The van der Waals surface area contributed by atoms with Crippen LogP contribution < -0.4 is 21.7 Å². The second-order valence-corrected chi connectivity index (χ2v) is 10.5. The smallest absolute Gasteiger partial charge is 0.207 e. The number of hydrogen-bond acceptors (Lipinski definition) is 0. The molecule has 4 rings (SSSR count). The van der Waals surface area contributed by atoms with Crippen molar-refractivity contribution in [1.29, 1.82) is 0 Å². The molecule has 0 bridgehead atoms. The van der Waals surface area contributed by atoms with E-state index in [2.05, 4.69) is 0 Å². The quantitative estimate of drug-likeness (QED) is 0.0911. The lowest BCUT2D eigenvalue weighted by molar-refractivity contribution is 0.380. The van der Waals surface area contributed by atoms with Gasteiger partial charge in [-0.2, -0.15) is 0 Å². The van der Waals surface area contributed by atoms with E-state index in [1.54, 1.807) is 0 Å². The Morgan fingerprint density at radius 3 is 0.780 bits per heavy atom. The summed E-state index contributed by atoms with van der Waals surface area (Å²) in [5.74, 6) is -50.5. The van der Waals surface area contributed by atoms with E-state index in [1.165, 1.54) is 6.07 Å². The molecule has 0 aromatic heterocycles. The first kappa shape index (κ1) is 30.3. The maximum Gasteiger partial charge on any atom is 0.264 e. The van der Waals surface area contributed by atoms with E-state index in [1.807, 2.05) is 0 Å². The summed E-state index contributed by atoms with van der Waals surface area (Å²) in [6.45, 7) is 0. The van der Waals surface area contributed by atoms with Gasteiger partial charge in [0.1, 0.15) is 34.9 Å². The van der Waals surface area contributed by atoms with Gasteiger partial charge in [0, 0.05) is 5.30 Å². The molecule has 0 fully saturated rings. The summed E-state index contributed by atoms with van der Waals surface area (Å²) in [6.07, 6.45) is 0. The van der Waals surface area contributed by atoms with Crippen molar-refractivity contribution < 1.29 is 65.9 Å². The van der Waals surface area contributed by atoms with Crippen LogP contribution >= 0.6 is 8.46 Å². The highest BCUT2D eigenvalue weighted by Crippen LogP contribution is 2.36. The van der Waals surface area contributed by atoms with E-state index in [0.29, 0.717) is 0 Å². The van der Waals surface area contributed by atoms with Crippen molar-refractivity contribution in [1.82, 2.24) is 0 Å². The lowest BCUT2D eigenvalue weighted by Crippen LogP contribution is -2.71. The third kappa shape index (κ3) is 4.34. The number of benzene rings is 4. The summed E-state index contributed by atoms with van der Waals surface area (Å²) in [7, 11) is -2.95. The first-order valence-electron chi connectivity index (χ1n) is 10.7. The average molecular weight is 622 g/mol. The van der Waals surface area contributed by atoms with Crippen LogP contribution in [0.4, 0.5) is 65.9 Å². The summed E-state index contributed by atoms with van der Waals surface area (Å²) in [4.78, 5) is 0. The molecule has 4 aromatic rings. The van der Waals surface area contributed by atoms with Crippen molar-refractivity contribution in [3.05, 3.63) is 118 Å². The van der Waals surface area contributed by atoms with Crippen LogP contribution in [-0.4, -0.2) is 5.87 Å². The highest BCUT2D eigenvalue weighted by atomic mass is 31.1. The SMILES string of the molecule is Fc1c(F)c(F)c([B-]([PH2+]c2ccccc2)(c2c(F)c(F)c(F)c(F)c2F)c2c(F)c(F)c(F)c(F)c2F)c(F)c1F. The fourth-order valence-electron chi connectivity index (χ4n) is 4.60. The largest absolute Gasteiger partial charge is 0.264 e. The van der Waals surface area contributed by atoms with Gasteiger partial charge in [0.05, 0.1) is 0 Å². The Morgan fingerprint density at radius 1 is 0.317 bits per heavy atom. The van der Waals surface area contributed by atoms with E-state index < -0.39 is 123 Å². The molecule has 0 heterocycles. The Labute approximate surface area is 220 Å². The Morgan fingerprint density at radius 2 is 0.537 bits per heavy atom. The molecule has 0 aliphatic heterocycles. The van der Waals surface area contributed by atoms with Crippen molar-refractivity contribution in [3.8, 4) is 0 Å². The lowest BCUT2D eigenvalue weighted by atomic mass is 9.33. The summed E-state index contributed by atoms with van der Waals surface area (Å²) in [5.41, 5.74) is -7.77. The Balaban J connectivity index is 2.47. The van der Waals surface area contributed by atoms with E-state index >= 15 is 26.3 Å². The molecule has 17 heteroatoms. The molecule has 1 atom stereocenters. The van der Waals surface area contributed by atoms with E-state index in [-0.39, 0.29) is 0 Å². The van der Waals surface area contributed by atoms with Gasteiger partial charge >= 0.3 is 0 Å². The summed E-state index contributed by atoms with van der Waals surface area (Å²) in [5, 5.41) is -0.524. The van der Waals surface area contributed by atoms with Gasteiger partial charge in [-0.1, -0.05) is 34.6 Å². The molecule has 0 saturated heterocycles. The highest BCUT2D eigenvalue weighted by molar-refractivity contribution is 7.94. The van der Waals surface area contributed by atoms with E-state index in [0.717, 1.165) is 24.3 Å². The number of hydrogen-bond donors (Lipinski definition) is 0. The van der Waals surface area contributed by atoms with E-state index in [9.17, 15) is 39.5 Å². The summed E-state index contributed by atoms with van der Waals surface area (Å²) >= 11 is 0. The second-order valence-electron chi connectivity index (χ2n) is 8.46. The molecule has 0 spiro atoms. The molecule has 0 amide bonds. The van der Waals surface area contributed by atoms with Crippen LogP contribution in [0.5, 0.6) is 0 Å². The van der Waals surface area contributed by atoms with Crippen LogP contribution in [-0.2, 0) is 0 Å². The average Bonchev–Trinajstić information content (AvgIpc) is 2.95. The van der Waals surface area contributed by atoms with Gasteiger partial charge in [-0.25, -0.2) is 65.9 Å². The molecule has 4 aromatic carbocycles. The predicted molar refractivity (Wildman–Crippen MR) is 119 cm³/mol. The Kier molecular flexibility index (Phi) is 7.85.